The molecule has 0 aliphatic carbocycles. The second-order valence-electron chi connectivity index (χ2n) is 6.00. The summed E-state index contributed by atoms with van der Waals surface area (Å²) >= 11 is 0. The second-order valence-corrected chi connectivity index (χ2v) is 6.00. The van der Waals surface area contributed by atoms with Gasteiger partial charge in [-0.3, -0.25) is 15.0 Å². The fourth-order valence-corrected chi connectivity index (χ4v) is 2.76. The van der Waals surface area contributed by atoms with Crippen molar-refractivity contribution in [2.24, 2.45) is 7.05 Å². The molecule has 0 unspecified atom stereocenters. The number of nitrogens with one attached hydrogen (secondary N) is 1. The molecule has 1 fully saturated rings. The van der Waals surface area contributed by atoms with E-state index in [0.29, 0.717) is 38.5 Å². The number of urea groups is 1. The maximum Gasteiger partial charge on any atom is 0.323 e. The first kappa shape index (κ1) is 17.1. The van der Waals surface area contributed by atoms with Crippen molar-refractivity contribution >= 4 is 11.8 Å². The minimum absolute atomic E-state index is 0.232. The van der Waals surface area contributed by atoms with Crippen LogP contribution in [0.4, 0.5) is 15.0 Å². The molecule has 1 N–H and O–H groups in total. The van der Waals surface area contributed by atoms with E-state index in [0.717, 1.165) is 5.56 Å². The van der Waals surface area contributed by atoms with Gasteiger partial charge in [0.05, 0.1) is 0 Å². The summed E-state index contributed by atoms with van der Waals surface area (Å²) in [7, 11) is 1.53. The highest BCUT2D eigenvalue weighted by Gasteiger charge is 2.21. The summed E-state index contributed by atoms with van der Waals surface area (Å²) in [6.45, 7) is 3.24. The van der Waals surface area contributed by atoms with Gasteiger partial charge in [-0.1, -0.05) is 12.1 Å². The zero-order valence-electron chi connectivity index (χ0n) is 14.0. The predicted molar refractivity (Wildman–Crippen MR) is 91.7 cm³/mol. The molecule has 2 heterocycles. The van der Waals surface area contributed by atoms with Crippen molar-refractivity contribution in [1.82, 2.24) is 19.6 Å². The zero-order valence-corrected chi connectivity index (χ0v) is 14.0. The molecule has 0 radical (unpaired) electrons. The Labute approximate surface area is 144 Å². The molecule has 2 amide bonds. The van der Waals surface area contributed by atoms with Crippen molar-refractivity contribution in [1.29, 1.82) is 0 Å². The van der Waals surface area contributed by atoms with Gasteiger partial charge in [0.2, 0.25) is 0 Å². The van der Waals surface area contributed by atoms with E-state index in [9.17, 15) is 14.0 Å². The Morgan fingerprint density at radius 3 is 2.64 bits per heavy atom. The van der Waals surface area contributed by atoms with Crippen LogP contribution >= 0.6 is 0 Å². The maximum atomic E-state index is 13.2. The molecule has 7 nitrogen and oxygen atoms in total. The van der Waals surface area contributed by atoms with Crippen LogP contribution in [-0.2, 0) is 13.6 Å². The first-order valence-electron chi connectivity index (χ1n) is 8.08. The van der Waals surface area contributed by atoms with Crippen molar-refractivity contribution in [3.63, 3.8) is 0 Å². The van der Waals surface area contributed by atoms with Gasteiger partial charge in [-0.2, -0.15) is 5.10 Å². The topological polar surface area (TPSA) is 70.5 Å². The van der Waals surface area contributed by atoms with Crippen LogP contribution in [0.3, 0.4) is 0 Å². The molecule has 3 rings (SSSR count). The normalized spacial score (nSPS) is 15.2. The lowest BCUT2D eigenvalue weighted by atomic mass is 10.2. The first-order chi connectivity index (χ1) is 12.0. The van der Waals surface area contributed by atoms with E-state index in [2.05, 4.69) is 15.3 Å². The van der Waals surface area contributed by atoms with E-state index in [1.165, 1.54) is 36.0 Å². The van der Waals surface area contributed by atoms with Crippen molar-refractivity contribution in [3.8, 4) is 0 Å². The molecule has 0 bridgehead atoms. The molecule has 1 aliphatic heterocycles. The number of aryl methyl sites for hydroxylation is 1. The van der Waals surface area contributed by atoms with Gasteiger partial charge in [0.15, 0.2) is 5.82 Å². The van der Waals surface area contributed by atoms with E-state index in [1.54, 1.807) is 11.0 Å². The maximum absolute atomic E-state index is 13.2. The van der Waals surface area contributed by atoms with E-state index in [-0.39, 0.29) is 17.4 Å². The average Bonchev–Trinajstić information content (AvgIpc) is 2.59. The highest BCUT2D eigenvalue weighted by atomic mass is 19.1. The average molecular weight is 345 g/mol. The van der Waals surface area contributed by atoms with Crippen LogP contribution in [0.15, 0.2) is 41.2 Å². The quantitative estimate of drug-likeness (QED) is 0.909. The monoisotopic (exact) mass is 345 g/mol. The number of anilines is 1. The summed E-state index contributed by atoms with van der Waals surface area (Å²) in [5.41, 5.74) is 0.691. The van der Waals surface area contributed by atoms with Crippen LogP contribution < -0.4 is 10.9 Å². The fraction of sp³-hybridized carbons (Fsp3) is 0.353. The minimum atomic E-state index is -0.239. The Morgan fingerprint density at radius 2 is 1.96 bits per heavy atom. The first-order valence-corrected chi connectivity index (χ1v) is 8.08. The number of aromatic nitrogens is 2. The fourth-order valence-electron chi connectivity index (χ4n) is 2.76. The lowest BCUT2D eigenvalue weighted by Gasteiger charge is -2.34. The molecule has 8 heteroatoms. The largest absolute Gasteiger partial charge is 0.323 e. The van der Waals surface area contributed by atoms with Gasteiger partial charge in [0, 0.05) is 45.8 Å². The molecule has 1 saturated heterocycles. The molecule has 1 aromatic heterocycles. The van der Waals surface area contributed by atoms with Gasteiger partial charge in [0.25, 0.3) is 5.56 Å². The van der Waals surface area contributed by atoms with Crippen LogP contribution in [0, 0.1) is 5.82 Å². The summed E-state index contributed by atoms with van der Waals surface area (Å²) in [5, 5.41) is 6.69. The van der Waals surface area contributed by atoms with Gasteiger partial charge in [0.1, 0.15) is 5.82 Å². The van der Waals surface area contributed by atoms with E-state index < -0.39 is 0 Å². The van der Waals surface area contributed by atoms with Gasteiger partial charge in [-0.05, 0) is 23.8 Å². The number of carbonyl (C=O) groups is 1. The SMILES string of the molecule is Cn1nc(NC(=O)N2CCN(Cc3cccc(F)c3)CC2)ccc1=O. The van der Waals surface area contributed by atoms with Crippen molar-refractivity contribution in [2.75, 3.05) is 31.5 Å². The van der Waals surface area contributed by atoms with Crippen LogP contribution in [0.5, 0.6) is 0 Å². The molecule has 0 saturated carbocycles. The Hall–Kier alpha value is -2.74. The lowest BCUT2D eigenvalue weighted by Crippen LogP contribution is -2.49. The third kappa shape index (κ3) is 4.42. The van der Waals surface area contributed by atoms with Gasteiger partial charge < -0.3 is 4.90 Å². The molecular formula is C17H20FN5O2. The number of hydrogen-bond acceptors (Lipinski definition) is 4. The van der Waals surface area contributed by atoms with Crippen LogP contribution in [0.25, 0.3) is 0 Å². The van der Waals surface area contributed by atoms with Crippen molar-refractivity contribution in [3.05, 3.63) is 58.1 Å². The molecule has 2 aromatic rings. The highest BCUT2D eigenvalue weighted by Crippen LogP contribution is 2.11. The summed E-state index contributed by atoms with van der Waals surface area (Å²) in [6.07, 6.45) is 0. The van der Waals surface area contributed by atoms with Crippen molar-refractivity contribution in [2.45, 2.75) is 6.54 Å². The van der Waals surface area contributed by atoms with Gasteiger partial charge >= 0.3 is 6.03 Å². The molecule has 1 aromatic carbocycles. The Balaban J connectivity index is 1.52. The van der Waals surface area contributed by atoms with Crippen LogP contribution in [-0.4, -0.2) is 51.8 Å². The van der Waals surface area contributed by atoms with E-state index in [4.69, 9.17) is 0 Å². The van der Waals surface area contributed by atoms with Crippen molar-refractivity contribution < 1.29 is 9.18 Å². The summed E-state index contributed by atoms with van der Waals surface area (Å²) < 4.78 is 14.4. The zero-order chi connectivity index (χ0) is 17.8. The van der Waals surface area contributed by atoms with Gasteiger partial charge in [-0.25, -0.2) is 13.9 Å². The Kier molecular flexibility index (Phi) is 5.08. The van der Waals surface area contributed by atoms with Gasteiger partial charge in [-0.15, -0.1) is 0 Å². The molecule has 0 spiro atoms. The Morgan fingerprint density at radius 1 is 1.20 bits per heavy atom. The summed E-state index contributed by atoms with van der Waals surface area (Å²) in [6, 6.07) is 9.17. The summed E-state index contributed by atoms with van der Waals surface area (Å²) in [5.74, 6) is 0.106. The number of amides is 2. The number of rotatable bonds is 3. The molecule has 1 aliphatic rings. The van der Waals surface area contributed by atoms with Crippen LogP contribution in [0.2, 0.25) is 0 Å². The molecule has 25 heavy (non-hydrogen) atoms. The van der Waals surface area contributed by atoms with E-state index >= 15 is 0 Å². The molecular weight excluding hydrogens is 325 g/mol. The molecule has 0 atom stereocenters. The summed E-state index contributed by atoms with van der Waals surface area (Å²) in [4.78, 5) is 27.5. The number of carbonyl (C=O) groups excluding carboxylic acids is 1. The number of hydrogen-bond donors (Lipinski definition) is 1. The number of piperazine rings is 1. The minimum Gasteiger partial charge on any atom is -0.322 e. The Bertz CT molecular complexity index is 815. The third-order valence-corrected chi connectivity index (χ3v) is 4.15. The smallest absolute Gasteiger partial charge is 0.322 e. The van der Waals surface area contributed by atoms with E-state index in [1.807, 2.05) is 6.07 Å². The number of benzene rings is 1. The number of nitrogens with zero attached hydrogens (tertiary/aromatic N) is 4. The predicted octanol–water partition coefficient (Wildman–Crippen LogP) is 1.27. The number of halogens is 1. The second kappa shape index (κ2) is 7.43. The third-order valence-electron chi connectivity index (χ3n) is 4.15. The standard InChI is InChI=1S/C17H20FN5O2/c1-21-16(24)6-5-15(20-21)19-17(25)23-9-7-22(8-10-23)12-13-3-2-4-14(18)11-13/h2-6,11H,7-10,12H2,1H3,(H,19,20,25). The van der Waals surface area contributed by atoms with Crippen LogP contribution in [0.1, 0.15) is 5.56 Å². The highest BCUT2D eigenvalue weighted by molar-refractivity contribution is 5.88. The lowest BCUT2D eigenvalue weighted by molar-refractivity contribution is 0.143. The molecule has 132 valence electrons.